The molecule has 2 unspecified atom stereocenters. The fourth-order valence-electron chi connectivity index (χ4n) is 3.91. The van der Waals surface area contributed by atoms with Gasteiger partial charge in [0.15, 0.2) is 0 Å². The Labute approximate surface area is 168 Å². The number of pyridine rings is 1. The SMILES string of the molecule is CC1CN(C2=C(c3ccc(F)cc3)C(=O)N(Cc3cccnc3)C2=O)CC(C)O1. The second-order valence-corrected chi connectivity index (χ2v) is 7.45. The van der Waals surface area contributed by atoms with E-state index in [2.05, 4.69) is 4.98 Å². The molecule has 0 N–H and O–H groups in total. The molecule has 2 aliphatic rings. The average Bonchev–Trinajstić information content (AvgIpc) is 2.93. The third-order valence-corrected chi connectivity index (χ3v) is 5.08. The summed E-state index contributed by atoms with van der Waals surface area (Å²) in [4.78, 5) is 33.9. The number of halogens is 1. The predicted octanol–water partition coefficient (Wildman–Crippen LogP) is 2.61. The molecule has 7 heteroatoms. The highest BCUT2D eigenvalue weighted by Gasteiger charge is 2.43. The zero-order valence-corrected chi connectivity index (χ0v) is 16.3. The summed E-state index contributed by atoms with van der Waals surface area (Å²) in [6, 6.07) is 9.26. The molecule has 2 amide bonds. The van der Waals surface area contributed by atoms with Crippen molar-refractivity contribution in [3.63, 3.8) is 0 Å². The van der Waals surface area contributed by atoms with Crippen LogP contribution in [0.5, 0.6) is 0 Å². The fraction of sp³-hybridized carbons (Fsp3) is 0.318. The molecule has 1 aromatic carbocycles. The normalized spacial score (nSPS) is 22.6. The minimum atomic E-state index is -0.395. The van der Waals surface area contributed by atoms with E-state index in [0.717, 1.165) is 5.56 Å². The summed E-state index contributed by atoms with van der Waals surface area (Å²) < 4.78 is 19.2. The average molecular weight is 395 g/mol. The molecule has 2 aliphatic heterocycles. The van der Waals surface area contributed by atoms with Crippen molar-refractivity contribution in [1.29, 1.82) is 0 Å². The summed E-state index contributed by atoms with van der Waals surface area (Å²) in [5, 5.41) is 0. The summed E-state index contributed by atoms with van der Waals surface area (Å²) in [5.41, 5.74) is 1.95. The molecule has 2 aromatic rings. The van der Waals surface area contributed by atoms with Crippen LogP contribution in [0.1, 0.15) is 25.0 Å². The molecule has 150 valence electrons. The summed E-state index contributed by atoms with van der Waals surface area (Å²) in [7, 11) is 0. The lowest BCUT2D eigenvalue weighted by atomic mass is 10.0. The topological polar surface area (TPSA) is 62.7 Å². The number of imide groups is 1. The summed E-state index contributed by atoms with van der Waals surface area (Å²) in [5.74, 6) is -1.12. The molecule has 0 aliphatic carbocycles. The number of carbonyl (C=O) groups excluding carboxylic acids is 2. The molecule has 2 atom stereocenters. The molecular weight excluding hydrogens is 373 g/mol. The third-order valence-electron chi connectivity index (χ3n) is 5.08. The highest BCUT2D eigenvalue weighted by atomic mass is 19.1. The smallest absolute Gasteiger partial charge is 0.278 e. The van der Waals surface area contributed by atoms with Gasteiger partial charge in [0.25, 0.3) is 11.8 Å². The molecule has 0 bridgehead atoms. The second kappa shape index (κ2) is 7.75. The van der Waals surface area contributed by atoms with Crippen LogP contribution in [-0.4, -0.2) is 51.9 Å². The molecule has 1 aromatic heterocycles. The number of benzene rings is 1. The van der Waals surface area contributed by atoms with Crippen LogP contribution in [0.3, 0.4) is 0 Å². The van der Waals surface area contributed by atoms with Crippen molar-refractivity contribution in [3.05, 3.63) is 71.4 Å². The number of hydrogen-bond donors (Lipinski definition) is 0. The van der Waals surface area contributed by atoms with Crippen LogP contribution in [0, 0.1) is 5.82 Å². The maximum absolute atomic E-state index is 13.5. The Kier molecular flexibility index (Phi) is 5.15. The second-order valence-electron chi connectivity index (χ2n) is 7.45. The van der Waals surface area contributed by atoms with Gasteiger partial charge in [0, 0.05) is 25.5 Å². The van der Waals surface area contributed by atoms with Gasteiger partial charge in [-0.2, -0.15) is 0 Å². The first-order chi connectivity index (χ1) is 13.9. The van der Waals surface area contributed by atoms with Gasteiger partial charge in [-0.15, -0.1) is 0 Å². The lowest BCUT2D eigenvalue weighted by Gasteiger charge is -2.37. The third kappa shape index (κ3) is 3.78. The Morgan fingerprint density at radius 2 is 1.76 bits per heavy atom. The maximum Gasteiger partial charge on any atom is 0.278 e. The molecule has 0 radical (unpaired) electrons. The van der Waals surface area contributed by atoms with E-state index in [0.29, 0.717) is 29.9 Å². The highest BCUT2D eigenvalue weighted by Crippen LogP contribution is 2.34. The molecule has 29 heavy (non-hydrogen) atoms. The number of hydrogen-bond acceptors (Lipinski definition) is 5. The van der Waals surface area contributed by atoms with Crippen molar-refractivity contribution >= 4 is 17.4 Å². The number of rotatable bonds is 4. The van der Waals surface area contributed by atoms with E-state index < -0.39 is 5.82 Å². The Hall–Kier alpha value is -3.06. The van der Waals surface area contributed by atoms with Crippen molar-refractivity contribution in [2.45, 2.75) is 32.6 Å². The van der Waals surface area contributed by atoms with Gasteiger partial charge in [0.05, 0.1) is 24.3 Å². The van der Waals surface area contributed by atoms with Crippen LogP contribution in [0.15, 0.2) is 54.5 Å². The van der Waals surface area contributed by atoms with E-state index in [4.69, 9.17) is 4.74 Å². The first-order valence-corrected chi connectivity index (χ1v) is 9.59. The molecule has 1 saturated heterocycles. The van der Waals surface area contributed by atoms with Crippen LogP contribution >= 0.6 is 0 Å². The van der Waals surface area contributed by atoms with Crippen molar-refractivity contribution < 1.29 is 18.7 Å². The number of ether oxygens (including phenoxy) is 1. The van der Waals surface area contributed by atoms with Crippen LogP contribution in [0.2, 0.25) is 0 Å². The largest absolute Gasteiger partial charge is 0.372 e. The number of amides is 2. The van der Waals surface area contributed by atoms with Crippen LogP contribution < -0.4 is 0 Å². The number of morpholine rings is 1. The van der Waals surface area contributed by atoms with E-state index in [1.165, 1.54) is 29.2 Å². The van der Waals surface area contributed by atoms with Crippen molar-refractivity contribution in [3.8, 4) is 0 Å². The van der Waals surface area contributed by atoms with Gasteiger partial charge in [-0.1, -0.05) is 18.2 Å². The van der Waals surface area contributed by atoms with Gasteiger partial charge in [-0.05, 0) is 43.2 Å². The lowest BCUT2D eigenvalue weighted by Crippen LogP contribution is -2.46. The minimum Gasteiger partial charge on any atom is -0.372 e. The molecule has 3 heterocycles. The van der Waals surface area contributed by atoms with Gasteiger partial charge in [0.1, 0.15) is 11.5 Å². The Balaban J connectivity index is 1.75. The maximum atomic E-state index is 13.5. The van der Waals surface area contributed by atoms with Gasteiger partial charge in [-0.3, -0.25) is 19.5 Å². The Morgan fingerprint density at radius 1 is 1.07 bits per heavy atom. The quantitative estimate of drug-likeness (QED) is 0.745. The van der Waals surface area contributed by atoms with Crippen molar-refractivity contribution in [1.82, 2.24) is 14.8 Å². The number of carbonyl (C=O) groups is 2. The van der Waals surface area contributed by atoms with Crippen LogP contribution in [0.4, 0.5) is 4.39 Å². The van der Waals surface area contributed by atoms with E-state index in [9.17, 15) is 14.0 Å². The van der Waals surface area contributed by atoms with Crippen LogP contribution in [0.25, 0.3) is 5.57 Å². The highest BCUT2D eigenvalue weighted by molar-refractivity contribution is 6.35. The van der Waals surface area contributed by atoms with Gasteiger partial charge < -0.3 is 9.64 Å². The first-order valence-electron chi connectivity index (χ1n) is 9.59. The van der Waals surface area contributed by atoms with Gasteiger partial charge >= 0.3 is 0 Å². The number of nitrogens with zero attached hydrogens (tertiary/aromatic N) is 3. The van der Waals surface area contributed by atoms with Gasteiger partial charge in [-0.25, -0.2) is 4.39 Å². The zero-order valence-electron chi connectivity index (χ0n) is 16.3. The summed E-state index contributed by atoms with van der Waals surface area (Å²) in [6.07, 6.45) is 3.13. The molecule has 1 fully saturated rings. The monoisotopic (exact) mass is 395 g/mol. The number of aromatic nitrogens is 1. The molecule has 0 saturated carbocycles. The summed E-state index contributed by atoms with van der Waals surface area (Å²) in [6.45, 7) is 5.02. The van der Waals surface area contributed by atoms with Crippen LogP contribution in [-0.2, 0) is 20.9 Å². The minimum absolute atomic E-state index is 0.0732. The zero-order chi connectivity index (χ0) is 20.5. The Morgan fingerprint density at radius 3 is 2.38 bits per heavy atom. The van der Waals surface area contributed by atoms with E-state index in [1.54, 1.807) is 18.5 Å². The van der Waals surface area contributed by atoms with E-state index in [-0.39, 0.29) is 30.6 Å². The predicted molar refractivity (Wildman–Crippen MR) is 105 cm³/mol. The van der Waals surface area contributed by atoms with Crippen molar-refractivity contribution in [2.24, 2.45) is 0 Å². The molecular formula is C22H22FN3O3. The standard InChI is InChI=1S/C22H22FN3O3/c1-14-11-25(12-15(2)29-14)20-19(17-5-7-18(23)8-6-17)21(27)26(22(20)28)13-16-4-3-9-24-10-16/h3-10,14-15H,11-13H2,1-2H3. The fourth-order valence-corrected chi connectivity index (χ4v) is 3.91. The van der Waals surface area contributed by atoms with E-state index in [1.807, 2.05) is 24.8 Å². The molecule has 6 nitrogen and oxygen atoms in total. The van der Waals surface area contributed by atoms with E-state index >= 15 is 0 Å². The van der Waals surface area contributed by atoms with Crippen molar-refractivity contribution in [2.75, 3.05) is 13.1 Å². The van der Waals surface area contributed by atoms with Gasteiger partial charge in [0.2, 0.25) is 0 Å². The lowest BCUT2D eigenvalue weighted by molar-refractivity contribution is -0.139. The first kappa shape index (κ1) is 19.3. The molecule has 4 rings (SSSR count). The molecule has 0 spiro atoms. The summed E-state index contributed by atoms with van der Waals surface area (Å²) >= 11 is 0. The Bertz CT molecular complexity index is 949.